The third-order valence-corrected chi connectivity index (χ3v) is 3.54. The first-order chi connectivity index (χ1) is 9.31. The van der Waals surface area contributed by atoms with Gasteiger partial charge in [0.1, 0.15) is 0 Å². The van der Waals surface area contributed by atoms with E-state index in [-0.39, 0.29) is 0 Å². The van der Waals surface area contributed by atoms with Gasteiger partial charge in [0.2, 0.25) is 5.16 Å². The standard InChI is InChI=1S/C12H17N5OS/c1-2-13-8-11(18)9-19-12-14-15-16-17(12)10-6-4-3-5-7-10/h3-7,11,13,18H,2,8-9H2,1H3. The summed E-state index contributed by atoms with van der Waals surface area (Å²) < 4.78 is 1.67. The van der Waals surface area contributed by atoms with Gasteiger partial charge in [-0.15, -0.1) is 5.10 Å². The van der Waals surface area contributed by atoms with Crippen LogP contribution in [0, 0.1) is 0 Å². The number of hydrogen-bond acceptors (Lipinski definition) is 6. The number of benzene rings is 1. The minimum absolute atomic E-state index is 0.411. The average Bonchev–Trinajstić information content (AvgIpc) is 2.92. The first-order valence-corrected chi connectivity index (χ1v) is 7.15. The Hall–Kier alpha value is -1.44. The molecule has 19 heavy (non-hydrogen) atoms. The zero-order valence-electron chi connectivity index (χ0n) is 10.7. The van der Waals surface area contributed by atoms with Gasteiger partial charge in [-0.05, 0) is 29.1 Å². The van der Waals surface area contributed by atoms with Crippen molar-refractivity contribution in [3.63, 3.8) is 0 Å². The third kappa shape index (κ3) is 4.02. The lowest BCUT2D eigenvalue weighted by Gasteiger charge is -2.10. The van der Waals surface area contributed by atoms with Gasteiger partial charge in [-0.3, -0.25) is 0 Å². The number of nitrogens with one attached hydrogen (secondary N) is 1. The van der Waals surface area contributed by atoms with Crippen molar-refractivity contribution in [2.45, 2.75) is 18.2 Å². The zero-order valence-corrected chi connectivity index (χ0v) is 11.5. The fraction of sp³-hybridized carbons (Fsp3) is 0.417. The molecule has 0 bridgehead atoms. The van der Waals surface area contributed by atoms with Gasteiger partial charge in [0, 0.05) is 12.3 Å². The summed E-state index contributed by atoms with van der Waals surface area (Å²) in [5, 5.41) is 25.2. The highest BCUT2D eigenvalue weighted by atomic mass is 32.2. The van der Waals surface area contributed by atoms with E-state index in [0.29, 0.717) is 17.5 Å². The Kier molecular flexibility index (Phi) is 5.31. The number of likely N-dealkylation sites (N-methyl/N-ethyl adjacent to an activating group) is 1. The fourth-order valence-electron chi connectivity index (χ4n) is 1.54. The number of aliphatic hydroxyl groups is 1. The number of aliphatic hydroxyl groups excluding tert-OH is 1. The molecule has 6 nitrogen and oxygen atoms in total. The maximum atomic E-state index is 9.78. The van der Waals surface area contributed by atoms with Crippen LogP contribution in [0.25, 0.3) is 5.69 Å². The van der Waals surface area contributed by atoms with Crippen molar-refractivity contribution in [3.8, 4) is 5.69 Å². The number of thioether (sulfide) groups is 1. The molecular formula is C12H17N5OS. The molecule has 1 unspecified atom stereocenters. The Morgan fingerprint density at radius 2 is 2.16 bits per heavy atom. The first-order valence-electron chi connectivity index (χ1n) is 6.16. The Balaban J connectivity index is 1.97. The van der Waals surface area contributed by atoms with Crippen LogP contribution in [-0.4, -0.2) is 50.3 Å². The van der Waals surface area contributed by atoms with Crippen LogP contribution in [0.5, 0.6) is 0 Å². The average molecular weight is 279 g/mol. The van der Waals surface area contributed by atoms with Crippen molar-refractivity contribution in [1.29, 1.82) is 0 Å². The predicted octanol–water partition coefficient (Wildman–Crippen LogP) is 0.725. The summed E-state index contributed by atoms with van der Waals surface area (Å²) in [4.78, 5) is 0. The van der Waals surface area contributed by atoms with E-state index in [9.17, 15) is 5.11 Å². The number of hydrogen-bond donors (Lipinski definition) is 2. The SMILES string of the molecule is CCNCC(O)CSc1nnnn1-c1ccccc1. The molecule has 2 rings (SSSR count). The lowest BCUT2D eigenvalue weighted by molar-refractivity contribution is 0.196. The van der Waals surface area contributed by atoms with E-state index < -0.39 is 6.10 Å². The van der Waals surface area contributed by atoms with E-state index in [4.69, 9.17) is 0 Å². The van der Waals surface area contributed by atoms with Gasteiger partial charge in [-0.1, -0.05) is 36.9 Å². The van der Waals surface area contributed by atoms with Crippen molar-refractivity contribution in [3.05, 3.63) is 30.3 Å². The molecule has 102 valence electrons. The summed E-state index contributed by atoms with van der Waals surface area (Å²) >= 11 is 1.44. The minimum atomic E-state index is -0.411. The third-order valence-electron chi connectivity index (χ3n) is 2.48. The van der Waals surface area contributed by atoms with Crippen molar-refractivity contribution in [2.24, 2.45) is 0 Å². The summed E-state index contributed by atoms with van der Waals surface area (Å²) in [5.74, 6) is 0.556. The Labute approximate surface area is 116 Å². The predicted molar refractivity (Wildman–Crippen MR) is 74.4 cm³/mol. The largest absolute Gasteiger partial charge is 0.391 e. The van der Waals surface area contributed by atoms with Crippen LogP contribution in [-0.2, 0) is 0 Å². The molecule has 0 saturated carbocycles. The molecule has 1 aromatic carbocycles. The molecular weight excluding hydrogens is 262 g/mol. The highest BCUT2D eigenvalue weighted by Crippen LogP contribution is 2.18. The number of nitrogens with zero attached hydrogens (tertiary/aromatic N) is 4. The van der Waals surface area contributed by atoms with Crippen LogP contribution < -0.4 is 5.32 Å². The highest BCUT2D eigenvalue weighted by molar-refractivity contribution is 7.99. The maximum Gasteiger partial charge on any atom is 0.214 e. The molecule has 2 aromatic rings. The number of aromatic nitrogens is 4. The van der Waals surface area contributed by atoms with Gasteiger partial charge < -0.3 is 10.4 Å². The topological polar surface area (TPSA) is 75.9 Å². The van der Waals surface area contributed by atoms with Crippen molar-refractivity contribution < 1.29 is 5.11 Å². The van der Waals surface area contributed by atoms with Crippen molar-refractivity contribution >= 4 is 11.8 Å². The Bertz CT molecular complexity index is 490. The molecule has 2 N–H and O–H groups in total. The summed E-state index contributed by atoms with van der Waals surface area (Å²) in [6.45, 7) is 3.44. The first kappa shape index (κ1) is 14.0. The second-order valence-electron chi connectivity index (χ2n) is 3.98. The van der Waals surface area contributed by atoms with Crippen LogP contribution in [0.1, 0.15) is 6.92 Å². The molecule has 0 fully saturated rings. The quantitative estimate of drug-likeness (QED) is 0.728. The molecule has 1 atom stereocenters. The summed E-state index contributed by atoms with van der Waals surface area (Å²) in [7, 11) is 0. The molecule has 0 aliphatic rings. The minimum Gasteiger partial charge on any atom is -0.391 e. The monoisotopic (exact) mass is 279 g/mol. The lowest BCUT2D eigenvalue weighted by atomic mass is 10.3. The van der Waals surface area contributed by atoms with E-state index >= 15 is 0 Å². The van der Waals surface area contributed by atoms with Crippen LogP contribution >= 0.6 is 11.8 Å². The van der Waals surface area contributed by atoms with Gasteiger partial charge in [-0.2, -0.15) is 4.68 Å². The van der Waals surface area contributed by atoms with Crippen LogP contribution in [0.2, 0.25) is 0 Å². The van der Waals surface area contributed by atoms with Gasteiger partial charge >= 0.3 is 0 Å². The summed E-state index contributed by atoms with van der Waals surface area (Å²) in [6.07, 6.45) is -0.411. The second-order valence-corrected chi connectivity index (χ2v) is 4.97. The van der Waals surface area contributed by atoms with Gasteiger partial charge in [-0.25, -0.2) is 0 Å². The lowest BCUT2D eigenvalue weighted by Crippen LogP contribution is -2.28. The molecule has 0 amide bonds. The molecule has 1 heterocycles. The maximum absolute atomic E-state index is 9.78. The van der Waals surface area contributed by atoms with Crippen LogP contribution in [0.4, 0.5) is 0 Å². The number of tetrazole rings is 1. The van der Waals surface area contributed by atoms with Crippen molar-refractivity contribution in [2.75, 3.05) is 18.8 Å². The molecule has 7 heteroatoms. The van der Waals surface area contributed by atoms with E-state index in [1.807, 2.05) is 37.3 Å². The molecule has 1 aromatic heterocycles. The number of rotatable bonds is 7. The van der Waals surface area contributed by atoms with Crippen LogP contribution in [0.15, 0.2) is 35.5 Å². The van der Waals surface area contributed by atoms with Crippen LogP contribution in [0.3, 0.4) is 0 Å². The molecule has 0 spiro atoms. The zero-order chi connectivity index (χ0) is 13.5. The second kappa shape index (κ2) is 7.22. The fourth-order valence-corrected chi connectivity index (χ4v) is 2.36. The molecule has 0 aliphatic carbocycles. The normalized spacial score (nSPS) is 12.5. The molecule has 0 saturated heterocycles. The van der Waals surface area contributed by atoms with E-state index in [1.54, 1.807) is 4.68 Å². The van der Waals surface area contributed by atoms with Gasteiger partial charge in [0.05, 0.1) is 11.8 Å². The molecule has 0 radical (unpaired) electrons. The van der Waals surface area contributed by atoms with Crippen molar-refractivity contribution in [1.82, 2.24) is 25.5 Å². The van der Waals surface area contributed by atoms with E-state index in [2.05, 4.69) is 20.8 Å². The summed E-state index contributed by atoms with van der Waals surface area (Å²) in [5.41, 5.74) is 0.913. The van der Waals surface area contributed by atoms with E-state index in [0.717, 1.165) is 12.2 Å². The van der Waals surface area contributed by atoms with Gasteiger partial charge in [0.25, 0.3) is 0 Å². The summed E-state index contributed by atoms with van der Waals surface area (Å²) in [6, 6.07) is 9.70. The molecule has 0 aliphatic heterocycles. The van der Waals surface area contributed by atoms with E-state index in [1.165, 1.54) is 11.8 Å². The van der Waals surface area contributed by atoms with Gasteiger partial charge in [0.15, 0.2) is 0 Å². The Morgan fingerprint density at radius 1 is 1.37 bits per heavy atom. The number of para-hydroxylation sites is 1. The Morgan fingerprint density at radius 3 is 2.89 bits per heavy atom. The smallest absolute Gasteiger partial charge is 0.214 e. The highest BCUT2D eigenvalue weighted by Gasteiger charge is 2.11.